The molecule has 1 heterocycles. The lowest BCUT2D eigenvalue weighted by atomic mass is 9.93. The second-order valence-corrected chi connectivity index (χ2v) is 5.27. The van der Waals surface area contributed by atoms with Crippen molar-refractivity contribution in [2.24, 2.45) is 0 Å². The first-order valence-corrected chi connectivity index (χ1v) is 7.09. The standard InChI is InChI=1S/C14H20ClN3O3/c1-4-14(5-2,13(20)21)17-12(19)9-18(3)11-7-6-10(15)8-16-11/h6-8H,4-5,9H2,1-3H3,(H,17,19)(H,20,21). The molecule has 0 atom stereocenters. The van der Waals surface area contributed by atoms with Crippen molar-refractivity contribution in [3.05, 3.63) is 23.4 Å². The van der Waals surface area contributed by atoms with Gasteiger partial charge in [0.1, 0.15) is 11.4 Å². The van der Waals surface area contributed by atoms with Crippen LogP contribution in [0, 0.1) is 0 Å². The van der Waals surface area contributed by atoms with Gasteiger partial charge in [-0.2, -0.15) is 0 Å². The first-order chi connectivity index (χ1) is 9.84. The van der Waals surface area contributed by atoms with Crippen molar-refractivity contribution in [3.8, 4) is 0 Å². The second kappa shape index (κ2) is 7.26. The van der Waals surface area contributed by atoms with Crippen molar-refractivity contribution in [3.63, 3.8) is 0 Å². The number of hydrogen-bond acceptors (Lipinski definition) is 4. The van der Waals surface area contributed by atoms with Gasteiger partial charge in [-0.3, -0.25) is 4.79 Å². The fourth-order valence-corrected chi connectivity index (χ4v) is 2.09. The van der Waals surface area contributed by atoms with Crippen LogP contribution in [0.5, 0.6) is 0 Å². The Kier molecular flexibility index (Phi) is 5.96. The molecule has 0 aromatic carbocycles. The molecule has 0 aliphatic heterocycles. The molecular weight excluding hydrogens is 294 g/mol. The summed E-state index contributed by atoms with van der Waals surface area (Å²) in [6, 6.07) is 3.37. The monoisotopic (exact) mass is 313 g/mol. The van der Waals surface area contributed by atoms with Crippen molar-refractivity contribution in [1.29, 1.82) is 0 Å². The maximum Gasteiger partial charge on any atom is 0.329 e. The topological polar surface area (TPSA) is 82.5 Å². The molecule has 0 aliphatic rings. The Morgan fingerprint density at radius 2 is 2.00 bits per heavy atom. The average Bonchev–Trinajstić information content (AvgIpc) is 2.45. The SMILES string of the molecule is CCC(CC)(NC(=O)CN(C)c1ccc(Cl)cn1)C(=O)O. The van der Waals surface area contributed by atoms with E-state index in [-0.39, 0.29) is 12.5 Å². The molecule has 1 amide bonds. The molecule has 6 nitrogen and oxygen atoms in total. The predicted molar refractivity (Wildman–Crippen MR) is 81.6 cm³/mol. The van der Waals surface area contributed by atoms with E-state index in [1.54, 1.807) is 37.9 Å². The summed E-state index contributed by atoms with van der Waals surface area (Å²) in [4.78, 5) is 29.1. The van der Waals surface area contributed by atoms with Gasteiger partial charge in [-0.05, 0) is 25.0 Å². The van der Waals surface area contributed by atoms with Crippen LogP contribution < -0.4 is 10.2 Å². The molecule has 0 bridgehead atoms. The normalized spacial score (nSPS) is 11.0. The Bertz CT molecular complexity index is 501. The Balaban J connectivity index is 2.72. The molecule has 0 aliphatic carbocycles. The second-order valence-electron chi connectivity index (χ2n) is 4.83. The van der Waals surface area contributed by atoms with E-state index in [1.165, 1.54) is 6.20 Å². The van der Waals surface area contributed by atoms with E-state index in [1.807, 2.05) is 0 Å². The van der Waals surface area contributed by atoms with Gasteiger partial charge >= 0.3 is 5.97 Å². The van der Waals surface area contributed by atoms with E-state index in [9.17, 15) is 14.7 Å². The molecule has 0 saturated heterocycles. The molecule has 1 rings (SSSR count). The molecule has 0 radical (unpaired) electrons. The fraction of sp³-hybridized carbons (Fsp3) is 0.500. The highest BCUT2D eigenvalue weighted by molar-refractivity contribution is 6.30. The van der Waals surface area contributed by atoms with E-state index in [2.05, 4.69) is 10.3 Å². The summed E-state index contributed by atoms with van der Waals surface area (Å²) >= 11 is 5.76. The van der Waals surface area contributed by atoms with Gasteiger partial charge in [0.25, 0.3) is 0 Å². The number of aromatic nitrogens is 1. The number of carboxylic acids is 1. The van der Waals surface area contributed by atoms with Crippen molar-refractivity contribution in [1.82, 2.24) is 10.3 Å². The van der Waals surface area contributed by atoms with E-state index >= 15 is 0 Å². The zero-order valence-electron chi connectivity index (χ0n) is 12.4. The highest BCUT2D eigenvalue weighted by Gasteiger charge is 2.36. The first kappa shape index (κ1) is 17.2. The lowest BCUT2D eigenvalue weighted by Gasteiger charge is -2.29. The van der Waals surface area contributed by atoms with Crippen LogP contribution in [0.25, 0.3) is 0 Å². The number of hydrogen-bond donors (Lipinski definition) is 2. The van der Waals surface area contributed by atoms with E-state index in [4.69, 9.17) is 11.6 Å². The summed E-state index contributed by atoms with van der Waals surface area (Å²) in [5.41, 5.74) is -1.22. The first-order valence-electron chi connectivity index (χ1n) is 6.71. The number of anilines is 1. The number of amides is 1. The molecule has 7 heteroatoms. The zero-order valence-corrected chi connectivity index (χ0v) is 13.1. The quantitative estimate of drug-likeness (QED) is 0.803. The largest absolute Gasteiger partial charge is 0.480 e. The van der Waals surface area contributed by atoms with Gasteiger partial charge in [-0.25, -0.2) is 9.78 Å². The van der Waals surface area contributed by atoms with Crippen molar-refractivity contribution in [2.75, 3.05) is 18.5 Å². The Morgan fingerprint density at radius 3 is 2.43 bits per heavy atom. The van der Waals surface area contributed by atoms with Crippen LogP contribution in [0.1, 0.15) is 26.7 Å². The zero-order chi connectivity index (χ0) is 16.0. The van der Waals surface area contributed by atoms with Crippen LogP contribution >= 0.6 is 11.6 Å². The summed E-state index contributed by atoms with van der Waals surface area (Å²) in [5, 5.41) is 12.4. The number of carbonyl (C=O) groups is 2. The Morgan fingerprint density at radius 1 is 1.38 bits per heavy atom. The summed E-state index contributed by atoms with van der Waals surface area (Å²) in [6.45, 7) is 3.49. The van der Waals surface area contributed by atoms with Crippen LogP contribution in [0.2, 0.25) is 5.02 Å². The Labute approximate surface area is 129 Å². The van der Waals surface area contributed by atoms with Gasteiger partial charge in [0, 0.05) is 13.2 Å². The lowest BCUT2D eigenvalue weighted by molar-refractivity contribution is -0.147. The van der Waals surface area contributed by atoms with Gasteiger partial charge in [0.15, 0.2) is 0 Å². The summed E-state index contributed by atoms with van der Waals surface area (Å²) < 4.78 is 0. The van der Waals surface area contributed by atoms with Crippen molar-refractivity contribution < 1.29 is 14.7 Å². The molecule has 0 saturated carbocycles. The molecule has 116 valence electrons. The maximum absolute atomic E-state index is 12.1. The van der Waals surface area contributed by atoms with Crippen molar-refractivity contribution in [2.45, 2.75) is 32.2 Å². The number of rotatable bonds is 7. The number of carboxylic acid groups (broad SMARTS) is 1. The molecule has 21 heavy (non-hydrogen) atoms. The average molecular weight is 314 g/mol. The highest BCUT2D eigenvalue weighted by Crippen LogP contribution is 2.16. The van der Waals surface area contributed by atoms with Crippen LogP contribution in [0.4, 0.5) is 5.82 Å². The van der Waals surface area contributed by atoms with Crippen LogP contribution in [-0.2, 0) is 9.59 Å². The third-order valence-electron chi connectivity index (χ3n) is 3.48. The number of carbonyl (C=O) groups excluding carboxylic acids is 1. The number of halogens is 1. The fourth-order valence-electron chi connectivity index (χ4n) is 1.98. The van der Waals surface area contributed by atoms with E-state index < -0.39 is 11.5 Å². The lowest BCUT2D eigenvalue weighted by Crippen LogP contribution is -2.55. The predicted octanol–water partition coefficient (Wildman–Crippen LogP) is 1.93. The molecule has 0 fully saturated rings. The summed E-state index contributed by atoms with van der Waals surface area (Å²) in [5.74, 6) is -0.794. The Hall–Kier alpha value is -1.82. The minimum atomic E-state index is -1.22. The molecule has 2 N–H and O–H groups in total. The molecule has 0 unspecified atom stereocenters. The molecular formula is C14H20ClN3O3. The minimum absolute atomic E-state index is 0.0175. The molecule has 1 aromatic heterocycles. The maximum atomic E-state index is 12.1. The minimum Gasteiger partial charge on any atom is -0.480 e. The van der Waals surface area contributed by atoms with Gasteiger partial charge in [-0.1, -0.05) is 25.4 Å². The smallest absolute Gasteiger partial charge is 0.329 e. The van der Waals surface area contributed by atoms with Crippen LogP contribution in [0.15, 0.2) is 18.3 Å². The van der Waals surface area contributed by atoms with E-state index in [0.29, 0.717) is 23.7 Å². The number of nitrogens with one attached hydrogen (secondary N) is 1. The number of likely N-dealkylation sites (N-methyl/N-ethyl adjacent to an activating group) is 1. The summed E-state index contributed by atoms with van der Waals surface area (Å²) in [7, 11) is 1.70. The number of pyridine rings is 1. The third kappa shape index (κ3) is 4.32. The van der Waals surface area contributed by atoms with Gasteiger partial charge in [0.2, 0.25) is 5.91 Å². The van der Waals surface area contributed by atoms with E-state index in [0.717, 1.165) is 0 Å². The highest BCUT2D eigenvalue weighted by atomic mass is 35.5. The van der Waals surface area contributed by atoms with Crippen LogP contribution in [0.3, 0.4) is 0 Å². The third-order valence-corrected chi connectivity index (χ3v) is 3.70. The summed E-state index contributed by atoms with van der Waals surface area (Å²) in [6.07, 6.45) is 2.14. The van der Waals surface area contributed by atoms with Gasteiger partial charge < -0.3 is 15.3 Å². The number of nitrogens with zero attached hydrogens (tertiary/aromatic N) is 2. The van der Waals surface area contributed by atoms with Crippen molar-refractivity contribution >= 4 is 29.3 Å². The van der Waals surface area contributed by atoms with Gasteiger partial charge in [0.05, 0.1) is 11.6 Å². The van der Waals surface area contributed by atoms with Crippen LogP contribution in [-0.4, -0.2) is 41.1 Å². The van der Waals surface area contributed by atoms with Gasteiger partial charge in [-0.15, -0.1) is 0 Å². The number of aliphatic carboxylic acids is 1. The molecule has 0 spiro atoms. The molecule has 1 aromatic rings.